The molecule has 3 rings (SSSR count). The average Bonchev–Trinajstić information content (AvgIpc) is 2.83. The zero-order valence-electron chi connectivity index (χ0n) is 9.97. The van der Waals surface area contributed by atoms with Crippen LogP contribution in [0.25, 0.3) is 0 Å². The van der Waals surface area contributed by atoms with E-state index in [4.69, 9.17) is 0 Å². The normalized spacial score (nSPS) is 14.0. The summed E-state index contributed by atoms with van der Waals surface area (Å²) in [6.45, 7) is 0.929. The maximum absolute atomic E-state index is 12.0. The van der Waals surface area contributed by atoms with Crippen molar-refractivity contribution < 1.29 is 4.79 Å². The summed E-state index contributed by atoms with van der Waals surface area (Å²) in [4.78, 5) is 20.3. The number of nitrogens with one attached hydrogen (secondary N) is 1. The number of carbonyl (C=O) groups excluding carboxylic acids is 1. The molecule has 0 atom stereocenters. The van der Waals surface area contributed by atoms with Crippen LogP contribution >= 0.6 is 0 Å². The van der Waals surface area contributed by atoms with E-state index in [-0.39, 0.29) is 5.91 Å². The van der Waals surface area contributed by atoms with Gasteiger partial charge < -0.3 is 9.88 Å². The van der Waals surface area contributed by atoms with Gasteiger partial charge in [-0.05, 0) is 25.0 Å². The number of imidazole rings is 1. The second-order valence-corrected chi connectivity index (χ2v) is 4.36. The first kappa shape index (κ1) is 11.0. The summed E-state index contributed by atoms with van der Waals surface area (Å²) >= 11 is 0. The number of nitrogens with zero attached hydrogens (tertiary/aromatic N) is 3. The molecule has 3 heterocycles. The van der Waals surface area contributed by atoms with Crippen molar-refractivity contribution in [2.45, 2.75) is 25.8 Å². The summed E-state index contributed by atoms with van der Waals surface area (Å²) in [5, 5.41) is 2.89. The fourth-order valence-electron chi connectivity index (χ4n) is 2.20. The standard InChI is InChI=1S/C13H14N4O/c18-13(10-4-3-6-14-8-10)16-12-9-15-11-5-1-2-7-17(11)12/h3-4,6,8-9H,1-2,5,7H2,(H,16,18). The van der Waals surface area contributed by atoms with E-state index >= 15 is 0 Å². The molecule has 92 valence electrons. The lowest BCUT2D eigenvalue weighted by molar-refractivity contribution is 0.102. The first-order valence-corrected chi connectivity index (χ1v) is 6.10. The molecule has 0 fully saturated rings. The third-order valence-corrected chi connectivity index (χ3v) is 3.14. The molecule has 0 unspecified atom stereocenters. The molecule has 0 saturated heterocycles. The lowest BCUT2D eigenvalue weighted by Crippen LogP contribution is -2.18. The highest BCUT2D eigenvalue weighted by Crippen LogP contribution is 2.19. The van der Waals surface area contributed by atoms with Gasteiger partial charge in [0, 0.05) is 25.4 Å². The lowest BCUT2D eigenvalue weighted by atomic mass is 10.2. The number of anilines is 1. The molecule has 0 saturated carbocycles. The lowest BCUT2D eigenvalue weighted by Gasteiger charge is -2.16. The Hall–Kier alpha value is -2.17. The minimum atomic E-state index is -0.142. The van der Waals surface area contributed by atoms with Gasteiger partial charge >= 0.3 is 0 Å². The second-order valence-electron chi connectivity index (χ2n) is 4.36. The van der Waals surface area contributed by atoms with E-state index in [1.165, 1.54) is 6.42 Å². The van der Waals surface area contributed by atoms with Gasteiger partial charge in [0.1, 0.15) is 11.6 Å². The highest BCUT2D eigenvalue weighted by Gasteiger charge is 2.16. The van der Waals surface area contributed by atoms with Gasteiger partial charge in [-0.1, -0.05) is 0 Å². The van der Waals surface area contributed by atoms with Crippen LogP contribution in [-0.4, -0.2) is 20.4 Å². The van der Waals surface area contributed by atoms with E-state index in [1.54, 1.807) is 30.7 Å². The molecule has 0 spiro atoms. The Morgan fingerprint density at radius 3 is 3.11 bits per heavy atom. The van der Waals surface area contributed by atoms with Crippen molar-refractivity contribution in [1.82, 2.24) is 14.5 Å². The van der Waals surface area contributed by atoms with Crippen LogP contribution < -0.4 is 5.32 Å². The number of carbonyl (C=O) groups is 1. The Morgan fingerprint density at radius 1 is 1.33 bits per heavy atom. The van der Waals surface area contributed by atoms with E-state index in [1.807, 2.05) is 0 Å². The highest BCUT2D eigenvalue weighted by atomic mass is 16.1. The predicted octanol–water partition coefficient (Wildman–Crippen LogP) is 1.87. The van der Waals surface area contributed by atoms with Crippen LogP contribution in [0.15, 0.2) is 30.7 Å². The zero-order valence-corrected chi connectivity index (χ0v) is 9.97. The smallest absolute Gasteiger partial charge is 0.258 e. The van der Waals surface area contributed by atoms with E-state index in [0.717, 1.165) is 31.0 Å². The van der Waals surface area contributed by atoms with E-state index in [0.29, 0.717) is 5.56 Å². The van der Waals surface area contributed by atoms with Crippen molar-refractivity contribution in [2.24, 2.45) is 0 Å². The second kappa shape index (κ2) is 4.60. The largest absolute Gasteiger partial charge is 0.315 e. The zero-order chi connectivity index (χ0) is 12.4. The Bertz CT molecular complexity index is 562. The molecule has 18 heavy (non-hydrogen) atoms. The Kier molecular flexibility index (Phi) is 2.80. The number of amides is 1. The average molecular weight is 242 g/mol. The Morgan fingerprint density at radius 2 is 2.28 bits per heavy atom. The first-order valence-electron chi connectivity index (χ1n) is 6.10. The summed E-state index contributed by atoms with van der Waals surface area (Å²) in [7, 11) is 0. The van der Waals surface area contributed by atoms with Gasteiger partial charge in [-0.3, -0.25) is 9.78 Å². The van der Waals surface area contributed by atoms with Crippen molar-refractivity contribution in [3.63, 3.8) is 0 Å². The Labute approximate surface area is 105 Å². The van der Waals surface area contributed by atoms with Crippen molar-refractivity contribution in [3.8, 4) is 0 Å². The van der Waals surface area contributed by atoms with Crippen molar-refractivity contribution in [2.75, 3.05) is 5.32 Å². The van der Waals surface area contributed by atoms with Gasteiger partial charge in [0.2, 0.25) is 0 Å². The van der Waals surface area contributed by atoms with Crippen LogP contribution in [0.4, 0.5) is 5.82 Å². The molecule has 2 aromatic heterocycles. The van der Waals surface area contributed by atoms with Crippen LogP contribution in [0, 0.1) is 0 Å². The highest BCUT2D eigenvalue weighted by molar-refractivity contribution is 6.03. The number of hydrogen-bond donors (Lipinski definition) is 1. The molecule has 2 aromatic rings. The summed E-state index contributed by atoms with van der Waals surface area (Å²) in [5.41, 5.74) is 0.559. The van der Waals surface area contributed by atoms with Crippen molar-refractivity contribution in [1.29, 1.82) is 0 Å². The van der Waals surface area contributed by atoms with Gasteiger partial charge in [-0.2, -0.15) is 0 Å². The van der Waals surface area contributed by atoms with E-state index in [9.17, 15) is 4.79 Å². The maximum Gasteiger partial charge on any atom is 0.258 e. The molecule has 1 amide bonds. The molecule has 0 radical (unpaired) electrons. The van der Waals surface area contributed by atoms with Gasteiger partial charge in [-0.25, -0.2) is 4.98 Å². The molecule has 1 aliphatic heterocycles. The number of aromatic nitrogens is 3. The van der Waals surface area contributed by atoms with E-state index in [2.05, 4.69) is 19.9 Å². The number of fused-ring (bicyclic) bond motifs is 1. The van der Waals surface area contributed by atoms with Gasteiger partial charge in [0.15, 0.2) is 0 Å². The van der Waals surface area contributed by atoms with Crippen LogP contribution in [0.3, 0.4) is 0 Å². The number of hydrogen-bond acceptors (Lipinski definition) is 3. The molecule has 5 nitrogen and oxygen atoms in total. The van der Waals surface area contributed by atoms with Crippen molar-refractivity contribution >= 4 is 11.7 Å². The number of aryl methyl sites for hydroxylation is 1. The van der Waals surface area contributed by atoms with Crippen LogP contribution in [-0.2, 0) is 13.0 Å². The Balaban J connectivity index is 1.81. The predicted molar refractivity (Wildman–Crippen MR) is 67.4 cm³/mol. The quantitative estimate of drug-likeness (QED) is 0.874. The summed E-state index contributed by atoms with van der Waals surface area (Å²) in [6.07, 6.45) is 8.24. The van der Waals surface area contributed by atoms with Gasteiger partial charge in [0.05, 0.1) is 11.8 Å². The topological polar surface area (TPSA) is 59.8 Å². The van der Waals surface area contributed by atoms with Crippen LogP contribution in [0.5, 0.6) is 0 Å². The molecule has 1 aliphatic rings. The molecule has 0 bridgehead atoms. The molecule has 1 N–H and O–H groups in total. The third-order valence-electron chi connectivity index (χ3n) is 3.14. The molecule has 0 aliphatic carbocycles. The van der Waals surface area contributed by atoms with Crippen LogP contribution in [0.2, 0.25) is 0 Å². The minimum absolute atomic E-state index is 0.142. The first-order chi connectivity index (χ1) is 8.84. The number of rotatable bonds is 2. The molecular weight excluding hydrogens is 228 g/mol. The summed E-state index contributed by atoms with van der Waals surface area (Å²) in [5.74, 6) is 1.69. The third kappa shape index (κ3) is 1.99. The monoisotopic (exact) mass is 242 g/mol. The van der Waals surface area contributed by atoms with Gasteiger partial charge in [-0.15, -0.1) is 0 Å². The minimum Gasteiger partial charge on any atom is -0.315 e. The number of pyridine rings is 1. The molecule has 0 aromatic carbocycles. The van der Waals surface area contributed by atoms with Crippen molar-refractivity contribution in [3.05, 3.63) is 42.1 Å². The fraction of sp³-hybridized carbons (Fsp3) is 0.308. The van der Waals surface area contributed by atoms with E-state index < -0.39 is 0 Å². The summed E-state index contributed by atoms with van der Waals surface area (Å²) < 4.78 is 2.08. The molecule has 5 heteroatoms. The SMILES string of the molecule is O=C(Nc1cnc2n1CCCC2)c1cccnc1. The van der Waals surface area contributed by atoms with Gasteiger partial charge in [0.25, 0.3) is 5.91 Å². The maximum atomic E-state index is 12.0. The molecular formula is C13H14N4O. The fourth-order valence-corrected chi connectivity index (χ4v) is 2.20. The van der Waals surface area contributed by atoms with Crippen LogP contribution in [0.1, 0.15) is 29.0 Å². The summed E-state index contributed by atoms with van der Waals surface area (Å²) in [6, 6.07) is 3.50.